The van der Waals surface area contributed by atoms with Crippen LogP contribution in [0.4, 0.5) is 0 Å². The third-order valence-electron chi connectivity index (χ3n) is 4.77. The molecule has 0 bridgehead atoms. The molecule has 0 aliphatic rings. The topological polar surface area (TPSA) is 115 Å². The van der Waals surface area contributed by atoms with Crippen molar-refractivity contribution in [2.24, 2.45) is 0 Å². The summed E-state index contributed by atoms with van der Waals surface area (Å²) >= 11 is 0. The van der Waals surface area contributed by atoms with Gasteiger partial charge in [0, 0.05) is 19.4 Å². The van der Waals surface area contributed by atoms with Gasteiger partial charge in [-0.15, -0.1) is 0 Å². The summed E-state index contributed by atoms with van der Waals surface area (Å²) in [5.74, 6) is -1.33. The summed E-state index contributed by atoms with van der Waals surface area (Å²) in [6.07, 6.45) is 18.4. The molecule has 0 spiro atoms. The highest BCUT2D eigenvalue weighted by Crippen LogP contribution is 2.08. The number of hydrogen-bond acceptors (Lipinski definition) is 4. The van der Waals surface area contributed by atoms with Crippen molar-refractivity contribution in [1.82, 2.24) is 0 Å². The fourth-order valence-corrected chi connectivity index (χ4v) is 2.85. The van der Waals surface area contributed by atoms with Crippen molar-refractivity contribution in [3.8, 4) is 0 Å². The maximum absolute atomic E-state index is 10.1. The fraction of sp³-hybridized carbons (Fsp3) is 0.920. The molecule has 4 N–H and O–H groups in total. The van der Waals surface area contributed by atoms with Crippen LogP contribution in [0.1, 0.15) is 136 Å². The van der Waals surface area contributed by atoms with E-state index in [1.807, 2.05) is 0 Å². The Balaban J connectivity index is -0.000000394. The normalized spacial score (nSPS) is 11.0. The van der Waals surface area contributed by atoms with Gasteiger partial charge in [-0.2, -0.15) is 0 Å². The maximum atomic E-state index is 10.1. The minimum atomic E-state index is -0.663. The number of aliphatic carboxylic acids is 2. The van der Waals surface area contributed by atoms with E-state index in [1.165, 1.54) is 64.2 Å². The largest absolute Gasteiger partial charge is 0.481 e. The first-order chi connectivity index (χ1) is 14.8. The number of carbonyl (C=O) groups is 2. The van der Waals surface area contributed by atoms with Gasteiger partial charge >= 0.3 is 11.9 Å². The SMILES string of the molecule is CC(O)CCCO.CCCCCCCCCC(=O)O.CCCCCCCCCC(=O)O. The van der Waals surface area contributed by atoms with Gasteiger partial charge in [-0.05, 0) is 32.6 Å². The van der Waals surface area contributed by atoms with Gasteiger partial charge in [0.2, 0.25) is 0 Å². The van der Waals surface area contributed by atoms with E-state index in [2.05, 4.69) is 13.8 Å². The third-order valence-corrected chi connectivity index (χ3v) is 4.77. The molecule has 6 heteroatoms. The molecule has 0 fully saturated rings. The van der Waals surface area contributed by atoms with Crippen LogP contribution in [0.3, 0.4) is 0 Å². The van der Waals surface area contributed by atoms with E-state index in [4.69, 9.17) is 20.4 Å². The maximum Gasteiger partial charge on any atom is 0.303 e. The molecule has 0 saturated carbocycles. The Kier molecular flexibility index (Phi) is 34.5. The molecule has 0 aliphatic carbocycles. The average Bonchev–Trinajstić information content (AvgIpc) is 2.71. The number of carboxylic acids is 2. The Morgan fingerprint density at radius 1 is 0.613 bits per heavy atom. The lowest BCUT2D eigenvalue weighted by molar-refractivity contribution is -0.138. The number of carboxylic acid groups (broad SMARTS) is 2. The Labute approximate surface area is 191 Å². The molecule has 0 aromatic carbocycles. The van der Waals surface area contributed by atoms with E-state index in [1.54, 1.807) is 6.92 Å². The highest BCUT2D eigenvalue weighted by Gasteiger charge is 1.96. The molecule has 0 aliphatic heterocycles. The molecule has 0 heterocycles. The average molecular weight is 449 g/mol. The fourth-order valence-electron chi connectivity index (χ4n) is 2.85. The second-order valence-corrected chi connectivity index (χ2v) is 8.24. The van der Waals surface area contributed by atoms with Crippen molar-refractivity contribution in [2.75, 3.05) is 6.61 Å². The van der Waals surface area contributed by atoms with E-state index >= 15 is 0 Å². The van der Waals surface area contributed by atoms with Crippen LogP contribution in [-0.2, 0) is 9.59 Å². The van der Waals surface area contributed by atoms with Crippen molar-refractivity contribution < 1.29 is 30.0 Å². The Hall–Kier alpha value is -1.14. The predicted molar refractivity (Wildman–Crippen MR) is 128 cm³/mol. The van der Waals surface area contributed by atoms with Gasteiger partial charge in [0.25, 0.3) is 0 Å². The zero-order valence-corrected chi connectivity index (χ0v) is 20.6. The lowest BCUT2D eigenvalue weighted by Gasteiger charge is -1.98. The lowest BCUT2D eigenvalue weighted by atomic mass is 10.1. The first-order valence-electron chi connectivity index (χ1n) is 12.5. The van der Waals surface area contributed by atoms with Crippen LogP contribution in [0.25, 0.3) is 0 Å². The molecule has 0 radical (unpaired) electrons. The Bertz CT molecular complexity index is 330. The van der Waals surface area contributed by atoms with E-state index in [9.17, 15) is 9.59 Å². The van der Waals surface area contributed by atoms with Gasteiger partial charge in [0.15, 0.2) is 0 Å². The summed E-state index contributed by atoms with van der Waals surface area (Å²) in [6, 6.07) is 0. The molecule has 0 aromatic heterocycles. The minimum Gasteiger partial charge on any atom is -0.481 e. The van der Waals surface area contributed by atoms with E-state index in [-0.39, 0.29) is 12.7 Å². The highest BCUT2D eigenvalue weighted by molar-refractivity contribution is 5.66. The van der Waals surface area contributed by atoms with Gasteiger partial charge in [0.1, 0.15) is 0 Å². The smallest absolute Gasteiger partial charge is 0.303 e. The molecular weight excluding hydrogens is 396 g/mol. The lowest BCUT2D eigenvalue weighted by Crippen LogP contribution is -1.99. The molecule has 0 aromatic rings. The van der Waals surface area contributed by atoms with Crippen LogP contribution in [0, 0.1) is 0 Å². The van der Waals surface area contributed by atoms with Crippen molar-refractivity contribution in [3.63, 3.8) is 0 Å². The van der Waals surface area contributed by atoms with E-state index < -0.39 is 11.9 Å². The first-order valence-corrected chi connectivity index (χ1v) is 12.5. The van der Waals surface area contributed by atoms with Crippen LogP contribution in [0.2, 0.25) is 0 Å². The quantitative estimate of drug-likeness (QED) is 0.166. The number of unbranched alkanes of at least 4 members (excludes halogenated alkanes) is 12. The zero-order chi connectivity index (χ0) is 24.2. The van der Waals surface area contributed by atoms with Gasteiger partial charge in [-0.1, -0.05) is 90.9 Å². The number of hydrogen-bond donors (Lipinski definition) is 4. The summed E-state index contributed by atoms with van der Waals surface area (Å²) in [4.78, 5) is 20.3. The monoisotopic (exact) mass is 448 g/mol. The summed E-state index contributed by atoms with van der Waals surface area (Å²) in [7, 11) is 0. The molecule has 31 heavy (non-hydrogen) atoms. The van der Waals surface area contributed by atoms with Crippen molar-refractivity contribution in [2.45, 2.75) is 142 Å². The Morgan fingerprint density at radius 2 is 0.935 bits per heavy atom. The van der Waals surface area contributed by atoms with Crippen LogP contribution in [0.5, 0.6) is 0 Å². The molecule has 0 rings (SSSR count). The van der Waals surface area contributed by atoms with Crippen LogP contribution in [-0.4, -0.2) is 45.1 Å². The first kappa shape index (κ1) is 34.5. The van der Waals surface area contributed by atoms with Crippen LogP contribution < -0.4 is 0 Å². The van der Waals surface area contributed by atoms with Crippen molar-refractivity contribution in [1.29, 1.82) is 0 Å². The molecular formula is C25H52O6. The van der Waals surface area contributed by atoms with Gasteiger partial charge in [-0.3, -0.25) is 9.59 Å². The molecule has 0 saturated heterocycles. The van der Waals surface area contributed by atoms with Crippen LogP contribution in [0.15, 0.2) is 0 Å². The molecule has 188 valence electrons. The predicted octanol–water partition coefficient (Wildman–Crippen LogP) is 6.56. The van der Waals surface area contributed by atoms with E-state index in [0.29, 0.717) is 25.7 Å². The molecule has 6 nitrogen and oxygen atoms in total. The zero-order valence-electron chi connectivity index (χ0n) is 20.6. The number of rotatable bonds is 19. The summed E-state index contributed by atoms with van der Waals surface area (Å²) in [5, 5.41) is 33.5. The second kappa shape index (κ2) is 31.0. The summed E-state index contributed by atoms with van der Waals surface area (Å²) in [5.41, 5.74) is 0. The second-order valence-electron chi connectivity index (χ2n) is 8.24. The van der Waals surface area contributed by atoms with Gasteiger partial charge in [-0.25, -0.2) is 0 Å². The van der Waals surface area contributed by atoms with Gasteiger partial charge < -0.3 is 20.4 Å². The minimum absolute atomic E-state index is 0.185. The Morgan fingerprint density at radius 3 is 1.16 bits per heavy atom. The van der Waals surface area contributed by atoms with Crippen LogP contribution >= 0.6 is 0 Å². The standard InChI is InChI=1S/2C10H20O2.C5H12O2/c2*1-2-3-4-5-6-7-8-9-10(11)12;1-5(7)3-2-4-6/h2*2-9H2,1H3,(H,11,12);5-7H,2-4H2,1H3. The van der Waals surface area contributed by atoms with Gasteiger partial charge in [0.05, 0.1) is 6.10 Å². The number of aliphatic hydroxyl groups excluding tert-OH is 2. The molecule has 1 atom stereocenters. The molecule has 1 unspecified atom stereocenters. The van der Waals surface area contributed by atoms with Crippen molar-refractivity contribution in [3.05, 3.63) is 0 Å². The van der Waals surface area contributed by atoms with E-state index in [0.717, 1.165) is 25.7 Å². The summed E-state index contributed by atoms with van der Waals surface area (Å²) in [6.45, 7) is 6.30. The van der Waals surface area contributed by atoms with Crippen molar-refractivity contribution >= 4 is 11.9 Å². The highest BCUT2D eigenvalue weighted by atomic mass is 16.4. The number of aliphatic hydroxyl groups is 2. The molecule has 0 amide bonds. The summed E-state index contributed by atoms with van der Waals surface area (Å²) < 4.78 is 0. The third kappa shape index (κ3) is 47.8.